The average Bonchev–Trinajstić information content (AvgIpc) is 2.77. The minimum absolute atomic E-state index is 0.0855. The summed E-state index contributed by atoms with van der Waals surface area (Å²) in [6.07, 6.45) is 7.55. The molecule has 2 aromatic heterocycles. The second-order valence-corrected chi connectivity index (χ2v) is 3.41. The smallest absolute Gasteiger partial charge is 0.294 e. The summed E-state index contributed by atoms with van der Waals surface area (Å²) < 4.78 is 3.37. The first kappa shape index (κ1) is 10.6. The fraction of sp³-hybridized carbons (Fsp3) is 0.364. The van der Waals surface area contributed by atoms with Crippen LogP contribution in [0.15, 0.2) is 29.6 Å². The van der Waals surface area contributed by atoms with Crippen molar-refractivity contribution in [1.82, 2.24) is 19.1 Å². The van der Waals surface area contributed by atoms with Crippen molar-refractivity contribution >= 4 is 0 Å². The van der Waals surface area contributed by atoms with E-state index in [1.54, 1.807) is 33.9 Å². The molecule has 84 valence electrons. The van der Waals surface area contributed by atoms with Gasteiger partial charge in [0.15, 0.2) is 0 Å². The molecule has 5 nitrogen and oxygen atoms in total. The molecule has 0 aliphatic carbocycles. The van der Waals surface area contributed by atoms with Gasteiger partial charge in [-0.25, -0.2) is 9.97 Å². The van der Waals surface area contributed by atoms with Crippen molar-refractivity contribution in [2.75, 3.05) is 0 Å². The standard InChI is InChI=1S/C11H14N4O/c1-3-9-12-6-8-15(9)10-11(16)14(4-2)7-5-13-10/h5-8H,3-4H2,1-2H3. The number of aromatic nitrogens is 4. The fourth-order valence-corrected chi connectivity index (χ4v) is 1.64. The lowest BCUT2D eigenvalue weighted by Gasteiger charge is -2.07. The summed E-state index contributed by atoms with van der Waals surface area (Å²) in [5, 5.41) is 0. The molecule has 0 atom stereocenters. The lowest BCUT2D eigenvalue weighted by atomic mass is 10.4. The monoisotopic (exact) mass is 218 g/mol. The van der Waals surface area contributed by atoms with E-state index >= 15 is 0 Å². The Morgan fingerprint density at radius 2 is 1.94 bits per heavy atom. The maximum atomic E-state index is 12.0. The van der Waals surface area contributed by atoms with E-state index in [0.29, 0.717) is 12.4 Å². The third-order valence-electron chi connectivity index (χ3n) is 2.50. The first-order chi connectivity index (χ1) is 7.77. The third-order valence-corrected chi connectivity index (χ3v) is 2.50. The van der Waals surface area contributed by atoms with Gasteiger partial charge in [0, 0.05) is 37.8 Å². The number of imidazole rings is 1. The summed E-state index contributed by atoms with van der Waals surface area (Å²) in [6.45, 7) is 4.57. The molecule has 2 aromatic rings. The van der Waals surface area contributed by atoms with Crippen LogP contribution in [0, 0.1) is 0 Å². The van der Waals surface area contributed by atoms with Crippen molar-refractivity contribution in [2.45, 2.75) is 26.8 Å². The van der Waals surface area contributed by atoms with Gasteiger partial charge in [0.05, 0.1) is 0 Å². The Morgan fingerprint density at radius 3 is 2.62 bits per heavy atom. The first-order valence-corrected chi connectivity index (χ1v) is 5.36. The van der Waals surface area contributed by atoms with E-state index in [4.69, 9.17) is 0 Å². The van der Waals surface area contributed by atoms with Gasteiger partial charge in [0.25, 0.3) is 5.56 Å². The highest BCUT2D eigenvalue weighted by Crippen LogP contribution is 2.03. The molecule has 0 unspecified atom stereocenters. The van der Waals surface area contributed by atoms with Crippen molar-refractivity contribution in [2.24, 2.45) is 0 Å². The van der Waals surface area contributed by atoms with Crippen LogP contribution in [0.5, 0.6) is 0 Å². The molecule has 0 amide bonds. The highest BCUT2D eigenvalue weighted by molar-refractivity contribution is 5.21. The van der Waals surface area contributed by atoms with Crippen LogP contribution in [-0.4, -0.2) is 19.1 Å². The van der Waals surface area contributed by atoms with E-state index in [-0.39, 0.29) is 5.56 Å². The SMILES string of the molecule is CCc1nccn1-c1nccn(CC)c1=O. The van der Waals surface area contributed by atoms with E-state index in [1.807, 2.05) is 13.8 Å². The highest BCUT2D eigenvalue weighted by Gasteiger charge is 2.09. The zero-order valence-electron chi connectivity index (χ0n) is 9.42. The maximum absolute atomic E-state index is 12.0. The largest absolute Gasteiger partial charge is 0.311 e. The zero-order valence-corrected chi connectivity index (χ0v) is 9.42. The van der Waals surface area contributed by atoms with Crippen molar-refractivity contribution in [1.29, 1.82) is 0 Å². The van der Waals surface area contributed by atoms with Crippen LogP contribution in [0.4, 0.5) is 0 Å². The molecular weight excluding hydrogens is 204 g/mol. The van der Waals surface area contributed by atoms with Crippen molar-refractivity contribution < 1.29 is 0 Å². The number of hydrogen-bond acceptors (Lipinski definition) is 3. The van der Waals surface area contributed by atoms with Crippen LogP contribution in [0.1, 0.15) is 19.7 Å². The molecule has 0 bridgehead atoms. The lowest BCUT2D eigenvalue weighted by Crippen LogP contribution is -2.25. The van der Waals surface area contributed by atoms with Crippen LogP contribution in [0.25, 0.3) is 5.82 Å². The summed E-state index contributed by atoms with van der Waals surface area (Å²) in [5.74, 6) is 1.26. The Bertz CT molecular complexity index is 541. The number of hydrogen-bond donors (Lipinski definition) is 0. The minimum Gasteiger partial charge on any atom is -0.311 e. The zero-order chi connectivity index (χ0) is 11.5. The minimum atomic E-state index is -0.0855. The number of rotatable bonds is 3. The van der Waals surface area contributed by atoms with E-state index in [1.165, 1.54) is 0 Å². The Hall–Kier alpha value is -1.91. The Balaban J connectivity index is 2.61. The molecule has 16 heavy (non-hydrogen) atoms. The van der Waals surface area contributed by atoms with Crippen molar-refractivity contribution in [3.05, 3.63) is 41.0 Å². The van der Waals surface area contributed by atoms with Crippen LogP contribution in [0.3, 0.4) is 0 Å². The van der Waals surface area contributed by atoms with Gasteiger partial charge in [-0.2, -0.15) is 0 Å². The maximum Gasteiger partial charge on any atom is 0.294 e. The molecule has 2 heterocycles. The number of aryl methyl sites for hydroxylation is 2. The van der Waals surface area contributed by atoms with Crippen LogP contribution in [0.2, 0.25) is 0 Å². The second-order valence-electron chi connectivity index (χ2n) is 3.41. The summed E-state index contributed by atoms with van der Waals surface area (Å²) in [5.41, 5.74) is -0.0855. The van der Waals surface area contributed by atoms with Gasteiger partial charge in [-0.15, -0.1) is 0 Å². The van der Waals surface area contributed by atoms with E-state index in [2.05, 4.69) is 9.97 Å². The molecule has 2 rings (SSSR count). The molecular formula is C11H14N4O. The fourth-order valence-electron chi connectivity index (χ4n) is 1.64. The molecule has 0 aliphatic rings. The van der Waals surface area contributed by atoms with Crippen LogP contribution < -0.4 is 5.56 Å². The van der Waals surface area contributed by atoms with Crippen LogP contribution >= 0.6 is 0 Å². The molecule has 0 saturated heterocycles. The van der Waals surface area contributed by atoms with E-state index < -0.39 is 0 Å². The van der Waals surface area contributed by atoms with Gasteiger partial charge in [-0.3, -0.25) is 9.36 Å². The Labute approximate surface area is 93.4 Å². The van der Waals surface area contributed by atoms with Gasteiger partial charge in [-0.1, -0.05) is 6.92 Å². The molecule has 5 heteroatoms. The van der Waals surface area contributed by atoms with Crippen molar-refractivity contribution in [3.63, 3.8) is 0 Å². The summed E-state index contributed by atoms with van der Waals surface area (Å²) in [7, 11) is 0. The van der Waals surface area contributed by atoms with Gasteiger partial charge in [-0.05, 0) is 6.92 Å². The summed E-state index contributed by atoms with van der Waals surface area (Å²) in [6, 6.07) is 0. The molecule has 0 aromatic carbocycles. The third kappa shape index (κ3) is 1.64. The van der Waals surface area contributed by atoms with Gasteiger partial charge >= 0.3 is 0 Å². The molecule has 0 aliphatic heterocycles. The topological polar surface area (TPSA) is 52.7 Å². The Morgan fingerprint density at radius 1 is 1.19 bits per heavy atom. The Kier molecular flexibility index (Phi) is 2.85. The lowest BCUT2D eigenvalue weighted by molar-refractivity contribution is 0.700. The van der Waals surface area contributed by atoms with Gasteiger partial charge in [0.1, 0.15) is 5.82 Å². The quantitative estimate of drug-likeness (QED) is 0.772. The summed E-state index contributed by atoms with van der Waals surface area (Å²) >= 11 is 0. The molecule has 0 fully saturated rings. The predicted molar refractivity (Wildman–Crippen MR) is 60.7 cm³/mol. The molecule has 0 radical (unpaired) electrons. The van der Waals surface area contributed by atoms with Gasteiger partial charge < -0.3 is 4.57 Å². The summed E-state index contributed by atoms with van der Waals surface area (Å²) in [4.78, 5) is 20.3. The highest BCUT2D eigenvalue weighted by atomic mass is 16.1. The second kappa shape index (κ2) is 4.30. The number of nitrogens with zero attached hydrogens (tertiary/aromatic N) is 4. The molecule has 0 spiro atoms. The van der Waals surface area contributed by atoms with E-state index in [9.17, 15) is 4.79 Å². The molecule has 0 N–H and O–H groups in total. The van der Waals surface area contributed by atoms with Crippen molar-refractivity contribution in [3.8, 4) is 5.82 Å². The first-order valence-electron chi connectivity index (χ1n) is 5.36. The van der Waals surface area contributed by atoms with E-state index in [0.717, 1.165) is 12.2 Å². The molecule has 0 saturated carbocycles. The van der Waals surface area contributed by atoms with Crippen LogP contribution in [-0.2, 0) is 13.0 Å². The van der Waals surface area contributed by atoms with Gasteiger partial charge in [0.2, 0.25) is 5.82 Å². The predicted octanol–water partition coefficient (Wildman–Crippen LogP) is 1.01. The average molecular weight is 218 g/mol. The normalized spacial score (nSPS) is 10.6.